The van der Waals surface area contributed by atoms with Crippen LogP contribution >= 0.6 is 0 Å². The van der Waals surface area contributed by atoms with E-state index in [-0.39, 0.29) is 0 Å². The summed E-state index contributed by atoms with van der Waals surface area (Å²) in [6, 6.07) is 12.7. The highest BCUT2D eigenvalue weighted by Crippen LogP contribution is 2.18. The zero-order valence-electron chi connectivity index (χ0n) is 12.8. The quantitative estimate of drug-likeness (QED) is 0.753. The van der Waals surface area contributed by atoms with Gasteiger partial charge in [-0.15, -0.1) is 0 Å². The smallest absolute Gasteiger partial charge is 0.108 e. The lowest BCUT2D eigenvalue weighted by Crippen LogP contribution is -2.06. The number of para-hydroxylation sites is 1. The molecule has 3 heteroatoms. The fraction of sp³-hybridized carbons (Fsp3) is 0.278. The van der Waals surface area contributed by atoms with Crippen LogP contribution in [0.2, 0.25) is 0 Å². The summed E-state index contributed by atoms with van der Waals surface area (Å²) in [5, 5.41) is 3.47. The summed E-state index contributed by atoms with van der Waals surface area (Å²) in [5.74, 6) is 1.04. The predicted octanol–water partition coefficient (Wildman–Crippen LogP) is 4.14. The number of aromatic nitrogens is 2. The van der Waals surface area contributed by atoms with Crippen LogP contribution in [0.4, 0.5) is 5.69 Å². The van der Waals surface area contributed by atoms with E-state index < -0.39 is 0 Å². The molecule has 1 aromatic heterocycles. The maximum Gasteiger partial charge on any atom is 0.108 e. The number of fused-ring (bicyclic) bond motifs is 1. The number of aryl methyl sites for hydroxylation is 3. The second kappa shape index (κ2) is 5.60. The van der Waals surface area contributed by atoms with Crippen molar-refractivity contribution in [2.75, 3.05) is 11.9 Å². The number of nitrogens with zero attached hydrogens (tertiary/aromatic N) is 1. The van der Waals surface area contributed by atoms with Crippen LogP contribution in [0.15, 0.2) is 36.4 Å². The summed E-state index contributed by atoms with van der Waals surface area (Å²) >= 11 is 0. The molecule has 0 saturated heterocycles. The summed E-state index contributed by atoms with van der Waals surface area (Å²) < 4.78 is 0. The standard InChI is InChI=1S/C18H21N3/c1-12-6-4-5-7-15(12)19-9-8-18-20-16-10-13(2)14(3)11-17(16)21-18/h4-7,10-11,19H,8-9H2,1-3H3,(H,20,21). The van der Waals surface area contributed by atoms with Crippen LogP contribution in [0, 0.1) is 20.8 Å². The first-order chi connectivity index (χ1) is 10.1. The predicted molar refractivity (Wildman–Crippen MR) is 88.9 cm³/mol. The van der Waals surface area contributed by atoms with Crippen LogP contribution in [0.1, 0.15) is 22.5 Å². The van der Waals surface area contributed by atoms with Crippen LogP contribution in [0.3, 0.4) is 0 Å². The SMILES string of the molecule is Cc1cc2nc(CCNc3ccccc3C)[nH]c2cc1C. The van der Waals surface area contributed by atoms with Gasteiger partial charge < -0.3 is 10.3 Å². The normalized spacial score (nSPS) is 11.0. The largest absolute Gasteiger partial charge is 0.384 e. The molecule has 0 spiro atoms. The maximum absolute atomic E-state index is 4.67. The average Bonchev–Trinajstić information content (AvgIpc) is 2.83. The second-order valence-electron chi connectivity index (χ2n) is 5.63. The summed E-state index contributed by atoms with van der Waals surface area (Å²) in [4.78, 5) is 8.09. The summed E-state index contributed by atoms with van der Waals surface area (Å²) in [6.07, 6.45) is 0.890. The van der Waals surface area contributed by atoms with E-state index in [2.05, 4.69) is 72.5 Å². The molecule has 1 heterocycles. The number of H-pyrrole nitrogens is 1. The molecule has 3 aromatic rings. The monoisotopic (exact) mass is 279 g/mol. The van der Waals surface area contributed by atoms with Crippen molar-refractivity contribution in [2.24, 2.45) is 0 Å². The number of aromatic amines is 1. The fourth-order valence-electron chi connectivity index (χ4n) is 2.53. The Labute approximate surface area is 125 Å². The Bertz CT molecular complexity index is 732. The third-order valence-corrected chi connectivity index (χ3v) is 3.97. The highest BCUT2D eigenvalue weighted by molar-refractivity contribution is 5.77. The highest BCUT2D eigenvalue weighted by atomic mass is 14.9. The minimum absolute atomic E-state index is 0.878. The minimum Gasteiger partial charge on any atom is -0.384 e. The molecule has 3 rings (SSSR count). The van der Waals surface area contributed by atoms with Crippen LogP contribution < -0.4 is 5.32 Å². The fourth-order valence-corrected chi connectivity index (χ4v) is 2.53. The number of imidazole rings is 1. The summed E-state index contributed by atoms with van der Waals surface area (Å²) in [6.45, 7) is 7.26. The van der Waals surface area contributed by atoms with Gasteiger partial charge in [-0.25, -0.2) is 4.98 Å². The van der Waals surface area contributed by atoms with Crippen molar-refractivity contribution in [2.45, 2.75) is 27.2 Å². The lowest BCUT2D eigenvalue weighted by molar-refractivity contribution is 0.933. The van der Waals surface area contributed by atoms with Crippen molar-refractivity contribution in [1.29, 1.82) is 0 Å². The number of hydrogen-bond acceptors (Lipinski definition) is 2. The van der Waals surface area contributed by atoms with Crippen LogP contribution in [-0.2, 0) is 6.42 Å². The molecule has 0 fully saturated rings. The summed E-state index contributed by atoms with van der Waals surface area (Å²) in [5.41, 5.74) is 7.25. The van der Waals surface area contributed by atoms with Crippen molar-refractivity contribution < 1.29 is 0 Å². The van der Waals surface area contributed by atoms with Crippen LogP contribution in [0.25, 0.3) is 11.0 Å². The Hall–Kier alpha value is -2.29. The van der Waals surface area contributed by atoms with Crippen LogP contribution in [0.5, 0.6) is 0 Å². The van der Waals surface area contributed by atoms with Crippen molar-refractivity contribution in [1.82, 2.24) is 9.97 Å². The molecule has 2 aromatic carbocycles. The molecule has 0 amide bonds. The molecule has 0 unspecified atom stereocenters. The molecule has 2 N–H and O–H groups in total. The molecule has 0 saturated carbocycles. The Kier molecular flexibility index (Phi) is 3.65. The van der Waals surface area contributed by atoms with Gasteiger partial charge in [-0.2, -0.15) is 0 Å². The Morgan fingerprint density at radius 3 is 2.57 bits per heavy atom. The number of rotatable bonds is 4. The molecular formula is C18H21N3. The number of benzene rings is 2. The maximum atomic E-state index is 4.67. The van der Waals surface area contributed by atoms with Crippen molar-refractivity contribution in [3.63, 3.8) is 0 Å². The highest BCUT2D eigenvalue weighted by Gasteiger charge is 2.05. The summed E-state index contributed by atoms with van der Waals surface area (Å²) in [7, 11) is 0. The molecule has 0 bridgehead atoms. The zero-order chi connectivity index (χ0) is 14.8. The Morgan fingerprint density at radius 2 is 1.76 bits per heavy atom. The lowest BCUT2D eigenvalue weighted by atomic mass is 10.1. The van der Waals surface area contributed by atoms with Crippen molar-refractivity contribution in [3.8, 4) is 0 Å². The molecule has 0 aliphatic heterocycles. The van der Waals surface area contributed by atoms with E-state index in [1.165, 1.54) is 22.4 Å². The number of hydrogen-bond donors (Lipinski definition) is 2. The molecule has 0 aliphatic rings. The van der Waals surface area contributed by atoms with Gasteiger partial charge in [0.25, 0.3) is 0 Å². The third kappa shape index (κ3) is 2.92. The van der Waals surface area contributed by atoms with Gasteiger partial charge in [0, 0.05) is 18.7 Å². The number of nitrogens with one attached hydrogen (secondary N) is 2. The van der Waals surface area contributed by atoms with E-state index >= 15 is 0 Å². The zero-order valence-corrected chi connectivity index (χ0v) is 12.8. The van der Waals surface area contributed by atoms with E-state index in [1.807, 2.05) is 0 Å². The van der Waals surface area contributed by atoms with Gasteiger partial charge in [0.2, 0.25) is 0 Å². The topological polar surface area (TPSA) is 40.7 Å². The average molecular weight is 279 g/mol. The first-order valence-electron chi connectivity index (χ1n) is 7.39. The van der Waals surface area contributed by atoms with Crippen LogP contribution in [-0.4, -0.2) is 16.5 Å². The first-order valence-corrected chi connectivity index (χ1v) is 7.39. The third-order valence-electron chi connectivity index (χ3n) is 3.97. The van der Waals surface area contributed by atoms with E-state index in [0.717, 1.165) is 29.8 Å². The van der Waals surface area contributed by atoms with E-state index in [9.17, 15) is 0 Å². The van der Waals surface area contributed by atoms with Gasteiger partial charge in [0.1, 0.15) is 5.82 Å². The number of anilines is 1. The Morgan fingerprint density at radius 1 is 1.00 bits per heavy atom. The molecule has 3 nitrogen and oxygen atoms in total. The molecule has 0 aliphatic carbocycles. The first kappa shape index (κ1) is 13.7. The second-order valence-corrected chi connectivity index (χ2v) is 5.63. The molecule has 0 atom stereocenters. The minimum atomic E-state index is 0.878. The van der Waals surface area contributed by atoms with Gasteiger partial charge in [-0.05, 0) is 55.7 Å². The van der Waals surface area contributed by atoms with Crippen molar-refractivity contribution in [3.05, 3.63) is 58.9 Å². The van der Waals surface area contributed by atoms with E-state index in [1.54, 1.807) is 0 Å². The van der Waals surface area contributed by atoms with E-state index in [4.69, 9.17) is 0 Å². The van der Waals surface area contributed by atoms with Gasteiger partial charge in [-0.3, -0.25) is 0 Å². The van der Waals surface area contributed by atoms with E-state index in [0.29, 0.717) is 0 Å². The molecule has 21 heavy (non-hydrogen) atoms. The van der Waals surface area contributed by atoms with Gasteiger partial charge in [0.05, 0.1) is 11.0 Å². The van der Waals surface area contributed by atoms with Gasteiger partial charge in [-0.1, -0.05) is 18.2 Å². The molecule has 108 valence electrons. The molecule has 0 radical (unpaired) electrons. The van der Waals surface area contributed by atoms with Crippen molar-refractivity contribution >= 4 is 16.7 Å². The molecular weight excluding hydrogens is 258 g/mol. The Balaban J connectivity index is 1.70. The van der Waals surface area contributed by atoms with Gasteiger partial charge >= 0.3 is 0 Å². The van der Waals surface area contributed by atoms with Gasteiger partial charge in [0.15, 0.2) is 0 Å². The lowest BCUT2D eigenvalue weighted by Gasteiger charge is -2.07.